The second kappa shape index (κ2) is 11.7. The van der Waals surface area contributed by atoms with E-state index in [9.17, 15) is 4.79 Å². The smallest absolute Gasteiger partial charge is 0.332 e. The van der Waals surface area contributed by atoms with Gasteiger partial charge in [0.2, 0.25) is 0 Å². The lowest BCUT2D eigenvalue weighted by Crippen LogP contribution is -2.13. The minimum Gasteiger partial charge on any atom is -0.497 e. The number of hydrogen-bond donors (Lipinski definition) is 0. The topological polar surface area (TPSA) is 44.8 Å². The zero-order valence-electron chi connectivity index (χ0n) is 12.2. The molecule has 0 aliphatic carbocycles. The lowest BCUT2D eigenvalue weighted by Gasteiger charge is -2.03. The molecule has 0 spiro atoms. The van der Waals surface area contributed by atoms with Crippen molar-refractivity contribution in [2.24, 2.45) is 0 Å². The van der Waals surface area contributed by atoms with Crippen LogP contribution in [0.2, 0.25) is 0 Å². The van der Waals surface area contributed by atoms with E-state index >= 15 is 0 Å². The summed E-state index contributed by atoms with van der Waals surface area (Å²) in [6.45, 7) is 4.81. The molecule has 1 aromatic rings. The number of unbranched alkanes of at least 4 members (excludes halogenated alkanes) is 1. The molecule has 0 heterocycles. The maximum atomic E-state index is 11.3. The summed E-state index contributed by atoms with van der Waals surface area (Å²) in [7, 11) is 0. The molecular formula is C17H22O4. The summed E-state index contributed by atoms with van der Waals surface area (Å²) in [5, 5.41) is 0. The number of carbonyl (C=O) groups excluding carboxylic acids is 1. The van der Waals surface area contributed by atoms with Gasteiger partial charge in [-0.3, -0.25) is 0 Å². The third-order valence-corrected chi connectivity index (χ3v) is 2.54. The van der Waals surface area contributed by atoms with E-state index in [0.29, 0.717) is 13.2 Å². The highest BCUT2D eigenvalue weighted by Gasteiger charge is 2.00. The molecule has 0 aromatic heterocycles. The fourth-order valence-electron chi connectivity index (χ4n) is 1.49. The highest BCUT2D eigenvalue weighted by atomic mass is 16.6. The van der Waals surface area contributed by atoms with E-state index in [1.165, 1.54) is 6.26 Å². The minimum absolute atomic E-state index is 0.0180. The SMILES string of the molecule is C=CCCCOCC(=O)OC/C=C/OCc1ccccc1. The fourth-order valence-corrected chi connectivity index (χ4v) is 1.49. The molecule has 1 rings (SSSR count). The molecule has 0 aliphatic rings. The standard InChI is InChI=1S/C17H22O4/c1-2-3-7-11-20-15-17(18)21-13-8-12-19-14-16-9-5-4-6-10-16/h2,4-6,8-10,12H,1,3,7,11,13-15H2/b12-8+. The summed E-state index contributed by atoms with van der Waals surface area (Å²) in [5.41, 5.74) is 1.09. The van der Waals surface area contributed by atoms with E-state index in [-0.39, 0.29) is 19.2 Å². The maximum Gasteiger partial charge on any atom is 0.332 e. The average Bonchev–Trinajstić information content (AvgIpc) is 2.51. The van der Waals surface area contributed by atoms with Crippen LogP contribution in [-0.4, -0.2) is 25.8 Å². The number of hydrogen-bond acceptors (Lipinski definition) is 4. The summed E-state index contributed by atoms with van der Waals surface area (Å²) in [5.74, 6) is -0.374. The fraction of sp³-hybridized carbons (Fsp3) is 0.353. The van der Waals surface area contributed by atoms with Crippen molar-refractivity contribution in [3.05, 3.63) is 60.9 Å². The number of allylic oxidation sites excluding steroid dienone is 1. The highest BCUT2D eigenvalue weighted by molar-refractivity contribution is 5.70. The Morgan fingerprint density at radius 1 is 1.24 bits per heavy atom. The van der Waals surface area contributed by atoms with Crippen molar-refractivity contribution in [1.82, 2.24) is 0 Å². The summed E-state index contributed by atoms with van der Waals surface area (Å²) in [6, 6.07) is 9.84. The zero-order chi connectivity index (χ0) is 15.2. The molecule has 0 fully saturated rings. The molecule has 0 atom stereocenters. The van der Waals surface area contributed by atoms with Gasteiger partial charge < -0.3 is 14.2 Å². The van der Waals surface area contributed by atoms with Crippen LogP contribution in [0.4, 0.5) is 0 Å². The molecule has 0 unspecified atom stereocenters. The maximum absolute atomic E-state index is 11.3. The van der Waals surface area contributed by atoms with E-state index in [1.54, 1.807) is 6.08 Å². The van der Waals surface area contributed by atoms with Crippen LogP contribution in [0.25, 0.3) is 0 Å². The molecule has 0 aliphatic heterocycles. The van der Waals surface area contributed by atoms with Crippen molar-refractivity contribution in [2.75, 3.05) is 19.8 Å². The first-order valence-corrected chi connectivity index (χ1v) is 6.97. The third kappa shape index (κ3) is 9.46. The molecular weight excluding hydrogens is 268 g/mol. The van der Waals surface area contributed by atoms with Crippen molar-refractivity contribution >= 4 is 5.97 Å². The van der Waals surface area contributed by atoms with E-state index in [2.05, 4.69) is 6.58 Å². The highest BCUT2D eigenvalue weighted by Crippen LogP contribution is 2.00. The van der Waals surface area contributed by atoms with E-state index < -0.39 is 0 Å². The number of esters is 1. The van der Waals surface area contributed by atoms with Gasteiger partial charge in [0.25, 0.3) is 0 Å². The predicted octanol–water partition coefficient (Wildman–Crippen LogP) is 3.24. The van der Waals surface area contributed by atoms with Crippen molar-refractivity contribution in [1.29, 1.82) is 0 Å². The molecule has 0 saturated heterocycles. The summed E-state index contributed by atoms with van der Waals surface area (Å²) >= 11 is 0. The Morgan fingerprint density at radius 3 is 2.81 bits per heavy atom. The quantitative estimate of drug-likeness (QED) is 0.272. The van der Waals surface area contributed by atoms with Gasteiger partial charge in [0.05, 0.1) is 6.26 Å². The van der Waals surface area contributed by atoms with Gasteiger partial charge in [0, 0.05) is 6.61 Å². The Kier molecular flexibility index (Phi) is 9.49. The van der Waals surface area contributed by atoms with Crippen LogP contribution in [0.5, 0.6) is 0 Å². The van der Waals surface area contributed by atoms with Gasteiger partial charge in [-0.2, -0.15) is 0 Å². The molecule has 4 heteroatoms. The molecule has 4 nitrogen and oxygen atoms in total. The van der Waals surface area contributed by atoms with Crippen LogP contribution in [0.15, 0.2) is 55.3 Å². The van der Waals surface area contributed by atoms with Gasteiger partial charge in [0.1, 0.15) is 19.8 Å². The Hall–Kier alpha value is -2.07. The second-order valence-electron chi connectivity index (χ2n) is 4.33. The van der Waals surface area contributed by atoms with Crippen LogP contribution < -0.4 is 0 Å². The minimum atomic E-state index is -0.374. The predicted molar refractivity (Wildman–Crippen MR) is 81.6 cm³/mol. The van der Waals surface area contributed by atoms with Crippen molar-refractivity contribution in [3.8, 4) is 0 Å². The van der Waals surface area contributed by atoms with Crippen LogP contribution in [0.1, 0.15) is 18.4 Å². The lowest BCUT2D eigenvalue weighted by atomic mass is 10.2. The first kappa shape index (κ1) is 17.0. The van der Waals surface area contributed by atoms with Crippen LogP contribution >= 0.6 is 0 Å². The van der Waals surface area contributed by atoms with Gasteiger partial charge in [-0.25, -0.2) is 4.79 Å². The number of rotatable bonds is 11. The average molecular weight is 290 g/mol. The van der Waals surface area contributed by atoms with Crippen molar-refractivity contribution in [2.45, 2.75) is 19.4 Å². The molecule has 0 saturated carbocycles. The van der Waals surface area contributed by atoms with Gasteiger partial charge in [-0.1, -0.05) is 36.4 Å². The van der Waals surface area contributed by atoms with Crippen LogP contribution in [0.3, 0.4) is 0 Å². The van der Waals surface area contributed by atoms with Crippen LogP contribution in [-0.2, 0) is 25.6 Å². The van der Waals surface area contributed by atoms with Crippen LogP contribution in [0, 0.1) is 0 Å². The molecule has 0 bridgehead atoms. The van der Waals surface area contributed by atoms with Gasteiger partial charge in [0.15, 0.2) is 0 Å². The molecule has 21 heavy (non-hydrogen) atoms. The zero-order valence-corrected chi connectivity index (χ0v) is 12.2. The first-order chi connectivity index (χ1) is 10.3. The van der Waals surface area contributed by atoms with E-state index in [4.69, 9.17) is 14.2 Å². The molecule has 1 aromatic carbocycles. The van der Waals surface area contributed by atoms with Gasteiger partial charge >= 0.3 is 5.97 Å². The normalized spacial score (nSPS) is 10.5. The Morgan fingerprint density at radius 2 is 2.05 bits per heavy atom. The third-order valence-electron chi connectivity index (χ3n) is 2.54. The summed E-state index contributed by atoms with van der Waals surface area (Å²) < 4.78 is 15.4. The Labute approximate surface area is 126 Å². The molecule has 114 valence electrons. The second-order valence-corrected chi connectivity index (χ2v) is 4.33. The summed E-state index contributed by atoms with van der Waals surface area (Å²) in [6.07, 6.45) is 6.76. The monoisotopic (exact) mass is 290 g/mol. The largest absolute Gasteiger partial charge is 0.497 e. The van der Waals surface area contributed by atoms with E-state index in [1.807, 2.05) is 36.4 Å². The van der Waals surface area contributed by atoms with Crippen molar-refractivity contribution < 1.29 is 19.0 Å². The summed E-state index contributed by atoms with van der Waals surface area (Å²) in [4.78, 5) is 11.3. The number of benzene rings is 1. The van der Waals surface area contributed by atoms with Gasteiger partial charge in [-0.15, -0.1) is 6.58 Å². The molecule has 0 N–H and O–H groups in total. The number of carbonyl (C=O) groups is 1. The first-order valence-electron chi connectivity index (χ1n) is 6.97. The van der Waals surface area contributed by atoms with Gasteiger partial charge in [-0.05, 0) is 24.5 Å². The Balaban J connectivity index is 1.98. The van der Waals surface area contributed by atoms with Crippen molar-refractivity contribution in [3.63, 3.8) is 0 Å². The lowest BCUT2D eigenvalue weighted by molar-refractivity contribution is -0.147. The molecule has 0 radical (unpaired) electrons. The Bertz CT molecular complexity index is 426. The molecule has 0 amide bonds. The number of ether oxygens (including phenoxy) is 3. The van der Waals surface area contributed by atoms with E-state index in [0.717, 1.165) is 18.4 Å².